The normalized spacial score (nSPS) is 10.9. The van der Waals surface area contributed by atoms with Crippen LogP contribution in [0.1, 0.15) is 32.1 Å². The lowest BCUT2D eigenvalue weighted by molar-refractivity contribution is -0.138. The second-order valence-corrected chi connectivity index (χ2v) is 3.77. The number of aliphatic carboxylic acids is 1. The number of alkyl halides is 3. The van der Waals surface area contributed by atoms with Crippen LogP contribution in [0.5, 0.6) is 0 Å². The van der Waals surface area contributed by atoms with E-state index in [1.807, 2.05) is 5.32 Å². The Bertz CT molecular complexity index is 331. The van der Waals surface area contributed by atoms with Crippen LogP contribution in [-0.2, 0) is 9.59 Å². The summed E-state index contributed by atoms with van der Waals surface area (Å²) in [6, 6.07) is -0.845. The van der Waals surface area contributed by atoms with E-state index in [9.17, 15) is 27.6 Å². The minimum Gasteiger partial charge on any atom is -0.481 e. The monoisotopic (exact) mass is 284 g/mol. The molecule has 0 aromatic heterocycles. The number of carboxylic acid groups (broad SMARTS) is 1. The molecule has 0 heterocycles. The Labute approximate surface area is 107 Å². The molecule has 0 aliphatic carbocycles. The zero-order chi connectivity index (χ0) is 14.9. The Morgan fingerprint density at radius 3 is 2.21 bits per heavy atom. The second-order valence-electron chi connectivity index (χ2n) is 3.77. The first-order chi connectivity index (χ1) is 8.70. The standard InChI is InChI=1S/C10H15F3N2O4/c11-10(12,13)5-1-2-6-14-9(19)15-7(16)3-4-8(17)18/h1-6H2,(H,17,18)(H2,14,15,16,19). The number of unbranched alkanes of at least 4 members (excludes halogenated alkanes) is 1. The van der Waals surface area contributed by atoms with Crippen molar-refractivity contribution in [3.8, 4) is 0 Å². The number of carboxylic acids is 1. The zero-order valence-corrected chi connectivity index (χ0v) is 10.0. The Balaban J connectivity index is 3.59. The third-order valence-electron chi connectivity index (χ3n) is 1.99. The Hall–Kier alpha value is -1.80. The highest BCUT2D eigenvalue weighted by Crippen LogP contribution is 2.21. The molecule has 0 saturated carbocycles. The molecule has 0 aliphatic rings. The highest BCUT2D eigenvalue weighted by atomic mass is 19.4. The Morgan fingerprint density at radius 2 is 1.68 bits per heavy atom. The summed E-state index contributed by atoms with van der Waals surface area (Å²) in [7, 11) is 0. The van der Waals surface area contributed by atoms with Crippen molar-refractivity contribution in [3.63, 3.8) is 0 Å². The predicted molar refractivity (Wildman–Crippen MR) is 58.3 cm³/mol. The highest BCUT2D eigenvalue weighted by molar-refractivity contribution is 5.95. The summed E-state index contributed by atoms with van der Waals surface area (Å²) in [4.78, 5) is 32.2. The molecule has 110 valence electrons. The van der Waals surface area contributed by atoms with Gasteiger partial charge in [-0.05, 0) is 12.8 Å². The number of carbonyl (C=O) groups excluding carboxylic acids is 2. The summed E-state index contributed by atoms with van der Waals surface area (Å²) >= 11 is 0. The summed E-state index contributed by atoms with van der Waals surface area (Å²) in [6.07, 6.45) is -5.85. The molecule has 6 nitrogen and oxygen atoms in total. The number of hydrogen-bond donors (Lipinski definition) is 3. The fourth-order valence-corrected chi connectivity index (χ4v) is 1.11. The van der Waals surface area contributed by atoms with E-state index in [0.29, 0.717) is 0 Å². The van der Waals surface area contributed by atoms with Gasteiger partial charge in [0.25, 0.3) is 0 Å². The number of urea groups is 1. The molecular weight excluding hydrogens is 269 g/mol. The largest absolute Gasteiger partial charge is 0.481 e. The molecule has 0 aromatic rings. The number of imide groups is 1. The van der Waals surface area contributed by atoms with Gasteiger partial charge < -0.3 is 10.4 Å². The van der Waals surface area contributed by atoms with Gasteiger partial charge in [-0.3, -0.25) is 14.9 Å². The fraction of sp³-hybridized carbons (Fsp3) is 0.700. The number of nitrogens with one attached hydrogen (secondary N) is 2. The van der Waals surface area contributed by atoms with Gasteiger partial charge in [0.1, 0.15) is 0 Å². The van der Waals surface area contributed by atoms with Gasteiger partial charge in [-0.15, -0.1) is 0 Å². The van der Waals surface area contributed by atoms with Gasteiger partial charge in [0.2, 0.25) is 5.91 Å². The van der Waals surface area contributed by atoms with E-state index in [-0.39, 0.29) is 25.8 Å². The van der Waals surface area contributed by atoms with Gasteiger partial charge in [-0.2, -0.15) is 13.2 Å². The molecule has 9 heteroatoms. The van der Waals surface area contributed by atoms with Gasteiger partial charge in [-0.25, -0.2) is 4.79 Å². The maximum Gasteiger partial charge on any atom is 0.389 e. The van der Waals surface area contributed by atoms with Crippen LogP contribution in [0.4, 0.5) is 18.0 Å². The van der Waals surface area contributed by atoms with Crippen molar-refractivity contribution in [1.82, 2.24) is 10.6 Å². The van der Waals surface area contributed by atoms with Crippen molar-refractivity contribution in [2.45, 2.75) is 38.3 Å². The molecule has 0 bridgehead atoms. The fourth-order valence-electron chi connectivity index (χ4n) is 1.11. The molecule has 19 heavy (non-hydrogen) atoms. The first-order valence-corrected chi connectivity index (χ1v) is 5.57. The second kappa shape index (κ2) is 8.33. The predicted octanol–water partition coefficient (Wildman–Crippen LogP) is 1.41. The Morgan fingerprint density at radius 1 is 1.05 bits per heavy atom. The number of amides is 3. The van der Waals surface area contributed by atoms with Crippen molar-refractivity contribution in [2.75, 3.05) is 6.54 Å². The number of hydrogen-bond acceptors (Lipinski definition) is 3. The van der Waals surface area contributed by atoms with Crippen LogP contribution < -0.4 is 10.6 Å². The lowest BCUT2D eigenvalue weighted by Gasteiger charge is -2.07. The molecule has 0 aliphatic heterocycles. The average molecular weight is 284 g/mol. The van der Waals surface area contributed by atoms with Crippen LogP contribution in [-0.4, -0.2) is 35.7 Å². The van der Waals surface area contributed by atoms with Crippen LogP contribution in [0.2, 0.25) is 0 Å². The SMILES string of the molecule is O=C(O)CCC(=O)NC(=O)NCCCCC(F)(F)F. The molecule has 0 spiro atoms. The Kier molecular flexibility index (Phi) is 7.54. The van der Waals surface area contributed by atoms with E-state index in [1.165, 1.54) is 0 Å². The first-order valence-electron chi connectivity index (χ1n) is 5.57. The maximum absolute atomic E-state index is 11.8. The van der Waals surface area contributed by atoms with Crippen LogP contribution in [0.15, 0.2) is 0 Å². The third-order valence-corrected chi connectivity index (χ3v) is 1.99. The average Bonchev–Trinajstić information content (AvgIpc) is 2.24. The highest BCUT2D eigenvalue weighted by Gasteiger charge is 2.25. The lowest BCUT2D eigenvalue weighted by atomic mass is 10.2. The van der Waals surface area contributed by atoms with E-state index in [1.54, 1.807) is 0 Å². The molecule has 3 N–H and O–H groups in total. The van der Waals surface area contributed by atoms with Gasteiger partial charge in [0.15, 0.2) is 0 Å². The van der Waals surface area contributed by atoms with Crippen molar-refractivity contribution in [1.29, 1.82) is 0 Å². The summed E-state index contributed by atoms with van der Waals surface area (Å²) in [6.45, 7) is 0.00806. The summed E-state index contributed by atoms with van der Waals surface area (Å²) in [5.74, 6) is -1.92. The van der Waals surface area contributed by atoms with Crippen LogP contribution >= 0.6 is 0 Å². The smallest absolute Gasteiger partial charge is 0.389 e. The van der Waals surface area contributed by atoms with Gasteiger partial charge in [0, 0.05) is 19.4 Å². The summed E-state index contributed by atoms with van der Waals surface area (Å²) in [5, 5.41) is 12.4. The van der Waals surface area contributed by atoms with E-state index in [2.05, 4.69) is 5.32 Å². The van der Waals surface area contributed by atoms with Crippen LogP contribution in [0, 0.1) is 0 Å². The van der Waals surface area contributed by atoms with Crippen molar-refractivity contribution in [3.05, 3.63) is 0 Å². The number of carbonyl (C=O) groups is 3. The van der Waals surface area contributed by atoms with E-state index in [0.717, 1.165) is 0 Å². The molecular formula is C10H15F3N2O4. The van der Waals surface area contributed by atoms with Crippen LogP contribution in [0.3, 0.4) is 0 Å². The van der Waals surface area contributed by atoms with Gasteiger partial charge >= 0.3 is 18.2 Å². The molecule has 0 radical (unpaired) electrons. The molecule has 0 saturated heterocycles. The topological polar surface area (TPSA) is 95.5 Å². The minimum absolute atomic E-state index is 0.00806. The molecule has 0 unspecified atom stereocenters. The van der Waals surface area contributed by atoms with E-state index in [4.69, 9.17) is 5.11 Å². The molecule has 0 fully saturated rings. The van der Waals surface area contributed by atoms with Crippen molar-refractivity contribution >= 4 is 17.9 Å². The molecule has 0 atom stereocenters. The maximum atomic E-state index is 11.8. The molecule has 0 rings (SSSR count). The lowest BCUT2D eigenvalue weighted by Crippen LogP contribution is -2.39. The van der Waals surface area contributed by atoms with Crippen LogP contribution in [0.25, 0.3) is 0 Å². The van der Waals surface area contributed by atoms with Crippen molar-refractivity contribution in [2.24, 2.45) is 0 Å². The minimum atomic E-state index is -4.21. The zero-order valence-electron chi connectivity index (χ0n) is 10.0. The van der Waals surface area contributed by atoms with Crippen molar-refractivity contribution < 1.29 is 32.7 Å². The number of halogens is 3. The summed E-state index contributed by atoms with van der Waals surface area (Å²) in [5.41, 5.74) is 0. The van der Waals surface area contributed by atoms with Gasteiger partial charge in [0.05, 0.1) is 6.42 Å². The quantitative estimate of drug-likeness (QED) is 0.616. The van der Waals surface area contributed by atoms with E-state index < -0.39 is 36.9 Å². The third kappa shape index (κ3) is 12.4. The summed E-state index contributed by atoms with van der Waals surface area (Å²) < 4.78 is 35.3. The van der Waals surface area contributed by atoms with E-state index >= 15 is 0 Å². The van der Waals surface area contributed by atoms with Gasteiger partial charge in [-0.1, -0.05) is 0 Å². The number of rotatable bonds is 7. The molecule has 0 aromatic carbocycles. The molecule has 3 amide bonds. The first kappa shape index (κ1) is 17.2.